The van der Waals surface area contributed by atoms with Crippen molar-refractivity contribution in [1.82, 2.24) is 5.32 Å². The van der Waals surface area contributed by atoms with Crippen LogP contribution in [0.1, 0.15) is 12.0 Å². The number of halogens is 2. The molecule has 18 heavy (non-hydrogen) atoms. The molecule has 0 saturated carbocycles. The van der Waals surface area contributed by atoms with E-state index in [2.05, 4.69) is 21.2 Å². The lowest BCUT2D eigenvalue weighted by atomic mass is 10.0. The molecule has 5 heteroatoms. The average Bonchev–Trinajstić information content (AvgIpc) is 2.83. The van der Waals surface area contributed by atoms with Gasteiger partial charge in [-0.3, -0.25) is 0 Å². The molecule has 0 radical (unpaired) electrons. The maximum absolute atomic E-state index is 5.98. The predicted octanol–water partition coefficient (Wildman–Crippen LogP) is 3.00. The van der Waals surface area contributed by atoms with E-state index < -0.39 is 0 Å². The zero-order chi connectivity index (χ0) is 13.0. The Morgan fingerprint density at radius 2 is 2.39 bits per heavy atom. The quantitative estimate of drug-likeness (QED) is 0.898. The Balaban J connectivity index is 1.89. The van der Waals surface area contributed by atoms with Crippen molar-refractivity contribution >= 4 is 27.5 Å². The van der Waals surface area contributed by atoms with E-state index in [1.54, 1.807) is 7.11 Å². The Kier molecular flexibility index (Phi) is 5.04. The first-order chi connectivity index (χ1) is 8.65. The maximum Gasteiger partial charge on any atom is 0.106 e. The fraction of sp³-hybridized carbons (Fsp3) is 0.538. The summed E-state index contributed by atoms with van der Waals surface area (Å²) in [6, 6.07) is 5.80. The minimum atomic E-state index is -0.176. The van der Waals surface area contributed by atoms with Gasteiger partial charge in [0.05, 0.1) is 6.61 Å². The van der Waals surface area contributed by atoms with Gasteiger partial charge in [0, 0.05) is 42.7 Å². The van der Waals surface area contributed by atoms with Crippen molar-refractivity contribution in [3.05, 3.63) is 33.3 Å². The SMILES string of the molecule is COC1(CNCc2cc(Cl)ccc2Br)CCOC1. The number of ether oxygens (including phenoxy) is 2. The molecule has 1 aromatic rings. The zero-order valence-electron chi connectivity index (χ0n) is 10.3. The van der Waals surface area contributed by atoms with E-state index in [0.29, 0.717) is 6.61 Å². The molecular formula is C13H17BrClNO2. The molecule has 0 bridgehead atoms. The van der Waals surface area contributed by atoms with E-state index in [1.165, 1.54) is 0 Å². The summed E-state index contributed by atoms with van der Waals surface area (Å²) in [7, 11) is 1.74. The van der Waals surface area contributed by atoms with Crippen LogP contribution in [-0.4, -0.2) is 32.5 Å². The van der Waals surface area contributed by atoms with E-state index in [1.807, 2.05) is 18.2 Å². The summed E-state index contributed by atoms with van der Waals surface area (Å²) in [5, 5.41) is 4.16. The van der Waals surface area contributed by atoms with Crippen LogP contribution in [0.3, 0.4) is 0 Å². The predicted molar refractivity (Wildman–Crippen MR) is 76.0 cm³/mol. The van der Waals surface area contributed by atoms with Crippen molar-refractivity contribution in [1.29, 1.82) is 0 Å². The Bertz CT molecular complexity index is 408. The number of hydrogen-bond donors (Lipinski definition) is 1. The molecule has 0 aromatic heterocycles. The minimum absolute atomic E-state index is 0.176. The molecule has 1 saturated heterocycles. The van der Waals surface area contributed by atoms with Gasteiger partial charge in [-0.05, 0) is 23.8 Å². The van der Waals surface area contributed by atoms with Gasteiger partial charge in [0.25, 0.3) is 0 Å². The van der Waals surface area contributed by atoms with Gasteiger partial charge in [-0.25, -0.2) is 0 Å². The number of benzene rings is 1. The largest absolute Gasteiger partial charge is 0.378 e. The van der Waals surface area contributed by atoms with Crippen molar-refractivity contribution in [2.24, 2.45) is 0 Å². The minimum Gasteiger partial charge on any atom is -0.378 e. The van der Waals surface area contributed by atoms with Gasteiger partial charge in [-0.2, -0.15) is 0 Å². The molecule has 2 rings (SSSR count). The first-order valence-corrected chi connectivity index (χ1v) is 7.10. The van der Waals surface area contributed by atoms with Crippen LogP contribution in [0.2, 0.25) is 5.02 Å². The Labute approximate surface area is 121 Å². The van der Waals surface area contributed by atoms with E-state index in [4.69, 9.17) is 21.1 Å². The highest BCUT2D eigenvalue weighted by Crippen LogP contribution is 2.23. The third-order valence-electron chi connectivity index (χ3n) is 3.27. The highest BCUT2D eigenvalue weighted by molar-refractivity contribution is 9.10. The second kappa shape index (κ2) is 6.35. The standard InChI is InChI=1S/C13H17BrClNO2/c1-17-13(4-5-18-9-13)8-16-7-10-6-11(15)2-3-12(10)14/h2-3,6,16H,4-5,7-9H2,1H3. The molecule has 1 aromatic carbocycles. The van der Waals surface area contributed by atoms with Gasteiger partial charge in [0.1, 0.15) is 5.60 Å². The molecule has 0 aliphatic carbocycles. The van der Waals surface area contributed by atoms with Gasteiger partial charge in [0.2, 0.25) is 0 Å². The summed E-state index contributed by atoms with van der Waals surface area (Å²) < 4.78 is 12.0. The third-order valence-corrected chi connectivity index (χ3v) is 4.28. The number of rotatable bonds is 5. The third kappa shape index (κ3) is 3.45. The fourth-order valence-electron chi connectivity index (χ4n) is 2.06. The summed E-state index contributed by atoms with van der Waals surface area (Å²) in [5.41, 5.74) is 0.970. The fourth-order valence-corrected chi connectivity index (χ4v) is 2.65. The van der Waals surface area contributed by atoms with Crippen molar-refractivity contribution in [3.63, 3.8) is 0 Å². The normalized spacial score (nSPS) is 23.5. The summed E-state index contributed by atoms with van der Waals surface area (Å²) in [6.45, 7) is 2.97. The van der Waals surface area contributed by atoms with Gasteiger partial charge in [0.15, 0.2) is 0 Å². The van der Waals surface area contributed by atoms with Crippen molar-refractivity contribution < 1.29 is 9.47 Å². The van der Waals surface area contributed by atoms with Crippen LogP contribution < -0.4 is 5.32 Å². The Hall–Kier alpha value is -0.130. The second-order valence-electron chi connectivity index (χ2n) is 4.53. The second-order valence-corrected chi connectivity index (χ2v) is 5.82. The van der Waals surface area contributed by atoms with Gasteiger partial charge in [-0.1, -0.05) is 27.5 Å². The summed E-state index contributed by atoms with van der Waals surface area (Å²) in [5.74, 6) is 0. The van der Waals surface area contributed by atoms with Crippen LogP contribution in [0.25, 0.3) is 0 Å². The molecule has 0 amide bonds. The molecule has 100 valence electrons. The molecule has 0 spiro atoms. The molecule has 1 heterocycles. The molecule has 1 fully saturated rings. The van der Waals surface area contributed by atoms with Crippen molar-refractivity contribution in [2.45, 2.75) is 18.6 Å². The lowest BCUT2D eigenvalue weighted by Gasteiger charge is -2.26. The summed E-state index contributed by atoms with van der Waals surface area (Å²) in [4.78, 5) is 0. The van der Waals surface area contributed by atoms with Crippen LogP contribution in [0, 0.1) is 0 Å². The highest BCUT2D eigenvalue weighted by atomic mass is 79.9. The first kappa shape index (κ1) is 14.3. The van der Waals surface area contributed by atoms with E-state index >= 15 is 0 Å². The molecule has 1 aliphatic rings. The first-order valence-electron chi connectivity index (χ1n) is 5.93. The van der Waals surface area contributed by atoms with Crippen LogP contribution in [0.5, 0.6) is 0 Å². The molecule has 3 nitrogen and oxygen atoms in total. The van der Waals surface area contributed by atoms with Crippen molar-refractivity contribution in [2.75, 3.05) is 26.9 Å². The summed E-state index contributed by atoms with van der Waals surface area (Å²) >= 11 is 9.50. The van der Waals surface area contributed by atoms with Gasteiger partial charge < -0.3 is 14.8 Å². The van der Waals surface area contributed by atoms with Crippen LogP contribution in [0.4, 0.5) is 0 Å². The van der Waals surface area contributed by atoms with E-state index in [9.17, 15) is 0 Å². The van der Waals surface area contributed by atoms with Crippen LogP contribution in [-0.2, 0) is 16.0 Å². The zero-order valence-corrected chi connectivity index (χ0v) is 12.7. The van der Waals surface area contributed by atoms with Gasteiger partial charge >= 0.3 is 0 Å². The highest BCUT2D eigenvalue weighted by Gasteiger charge is 2.34. The monoisotopic (exact) mass is 333 g/mol. The molecular weight excluding hydrogens is 318 g/mol. The van der Waals surface area contributed by atoms with Gasteiger partial charge in [-0.15, -0.1) is 0 Å². The topological polar surface area (TPSA) is 30.5 Å². The van der Waals surface area contributed by atoms with Crippen molar-refractivity contribution in [3.8, 4) is 0 Å². The van der Waals surface area contributed by atoms with Crippen LogP contribution in [0.15, 0.2) is 22.7 Å². The van der Waals surface area contributed by atoms with E-state index in [0.717, 1.165) is 41.2 Å². The molecule has 1 atom stereocenters. The lowest BCUT2D eigenvalue weighted by molar-refractivity contribution is -0.0159. The smallest absolute Gasteiger partial charge is 0.106 e. The Morgan fingerprint density at radius 3 is 3.06 bits per heavy atom. The number of methoxy groups -OCH3 is 1. The molecule has 1 unspecified atom stereocenters. The number of nitrogens with one attached hydrogen (secondary N) is 1. The lowest BCUT2D eigenvalue weighted by Crippen LogP contribution is -2.42. The van der Waals surface area contributed by atoms with Crippen LogP contribution >= 0.6 is 27.5 Å². The summed E-state index contributed by atoms with van der Waals surface area (Å²) in [6.07, 6.45) is 0.938. The average molecular weight is 335 g/mol. The Morgan fingerprint density at radius 1 is 1.56 bits per heavy atom. The van der Waals surface area contributed by atoms with E-state index in [-0.39, 0.29) is 5.60 Å². The number of hydrogen-bond acceptors (Lipinski definition) is 3. The molecule has 1 aliphatic heterocycles. The maximum atomic E-state index is 5.98. The molecule has 1 N–H and O–H groups in total.